The van der Waals surface area contributed by atoms with Crippen LogP contribution in [-0.2, 0) is 0 Å². The lowest BCUT2D eigenvalue weighted by Gasteiger charge is -2.05. The largest absolute Gasteiger partial charge is 0.457 e. The lowest BCUT2D eigenvalue weighted by atomic mass is 10.2. The fourth-order valence-electron chi connectivity index (χ4n) is 1.65. The van der Waals surface area contributed by atoms with Crippen molar-refractivity contribution in [2.75, 3.05) is 0 Å². The minimum atomic E-state index is 0.127. The van der Waals surface area contributed by atoms with Crippen LogP contribution in [0, 0.1) is 0 Å². The number of rotatable bonds is 3. The Morgan fingerprint density at radius 2 is 1.35 bits per heavy atom. The smallest absolute Gasteiger partial charge is 0.187 e. The molecule has 0 aliphatic rings. The van der Waals surface area contributed by atoms with Gasteiger partial charge in [-0.05, 0) is 35.9 Å². The van der Waals surface area contributed by atoms with Crippen LogP contribution >= 0.6 is 0 Å². The first-order valence-electron chi connectivity index (χ1n) is 5.42. The quantitative estimate of drug-likeness (QED) is 0.679. The first-order chi connectivity index (χ1) is 8.33. The van der Waals surface area contributed by atoms with Crippen LogP contribution in [0.4, 0.5) is 0 Å². The molecule has 0 spiro atoms. The fraction of sp³-hybridized carbons (Fsp3) is 0. The molecular weight excluding hydrogens is 212 g/mol. The van der Waals surface area contributed by atoms with Gasteiger partial charge >= 0.3 is 0 Å². The normalized spacial score (nSPS) is 10.6. The second kappa shape index (κ2) is 3.91. The molecule has 2 nitrogen and oxygen atoms in total. The third kappa shape index (κ3) is 2.11. The highest BCUT2D eigenvalue weighted by molar-refractivity contribution is 5.70. The maximum absolute atomic E-state index is 10.9. The van der Waals surface area contributed by atoms with Crippen LogP contribution in [0.15, 0.2) is 65.5 Å². The van der Waals surface area contributed by atoms with Crippen molar-refractivity contribution in [3.63, 3.8) is 0 Å². The maximum Gasteiger partial charge on any atom is 0.187 e. The van der Waals surface area contributed by atoms with Crippen LogP contribution in [-0.4, -0.2) is 0 Å². The zero-order valence-electron chi connectivity index (χ0n) is 9.09. The summed E-state index contributed by atoms with van der Waals surface area (Å²) >= 11 is 0. The molecular formula is C15H10O2. The molecule has 0 unspecified atom stereocenters. The number of ether oxygens (including phenoxy) is 1. The second-order valence-electron chi connectivity index (χ2n) is 3.86. The lowest BCUT2D eigenvalue weighted by molar-refractivity contribution is 0.483. The highest BCUT2D eigenvalue weighted by Crippen LogP contribution is 2.25. The summed E-state index contributed by atoms with van der Waals surface area (Å²) in [5.41, 5.74) is 1.88. The van der Waals surface area contributed by atoms with E-state index in [0.29, 0.717) is 0 Å². The Morgan fingerprint density at radius 1 is 0.765 bits per heavy atom. The zero-order valence-corrected chi connectivity index (χ0v) is 9.09. The molecule has 0 amide bonds. The maximum atomic E-state index is 10.9. The topological polar surface area (TPSA) is 26.3 Å². The van der Waals surface area contributed by atoms with Crippen molar-refractivity contribution in [3.05, 3.63) is 70.9 Å². The molecule has 0 N–H and O–H groups in total. The van der Waals surface area contributed by atoms with E-state index in [1.54, 1.807) is 6.07 Å². The van der Waals surface area contributed by atoms with Crippen LogP contribution < -0.4 is 10.2 Å². The van der Waals surface area contributed by atoms with Gasteiger partial charge in [-0.2, -0.15) is 0 Å². The van der Waals surface area contributed by atoms with Gasteiger partial charge in [-0.25, -0.2) is 0 Å². The molecule has 3 rings (SSSR count). The van der Waals surface area contributed by atoms with Crippen molar-refractivity contribution in [3.8, 4) is 22.6 Å². The van der Waals surface area contributed by atoms with Gasteiger partial charge in [0, 0.05) is 5.56 Å². The zero-order chi connectivity index (χ0) is 11.7. The van der Waals surface area contributed by atoms with E-state index in [2.05, 4.69) is 0 Å². The van der Waals surface area contributed by atoms with Gasteiger partial charge in [-0.15, -0.1) is 0 Å². The third-order valence-corrected chi connectivity index (χ3v) is 2.60. The van der Waals surface area contributed by atoms with Gasteiger partial charge in [0.15, 0.2) is 5.43 Å². The number of hydrogen-bond acceptors (Lipinski definition) is 2. The van der Waals surface area contributed by atoms with Crippen LogP contribution in [0.5, 0.6) is 11.5 Å². The highest BCUT2D eigenvalue weighted by Gasteiger charge is 2.10. The van der Waals surface area contributed by atoms with Crippen molar-refractivity contribution in [1.29, 1.82) is 0 Å². The molecule has 17 heavy (non-hydrogen) atoms. The van der Waals surface area contributed by atoms with E-state index in [4.69, 9.17) is 4.74 Å². The Labute approximate surface area is 98.8 Å². The predicted octanol–water partition coefficient (Wildman–Crippen LogP) is 3.38. The van der Waals surface area contributed by atoms with Crippen molar-refractivity contribution >= 4 is 0 Å². The van der Waals surface area contributed by atoms with Crippen molar-refractivity contribution in [1.82, 2.24) is 0 Å². The van der Waals surface area contributed by atoms with Gasteiger partial charge < -0.3 is 4.74 Å². The Bertz CT molecular complexity index is 629. The third-order valence-electron chi connectivity index (χ3n) is 2.60. The molecule has 3 aromatic carbocycles. The van der Waals surface area contributed by atoms with Gasteiger partial charge in [-0.1, -0.05) is 30.3 Å². The summed E-state index contributed by atoms with van der Waals surface area (Å²) in [4.78, 5) is 10.9. The van der Waals surface area contributed by atoms with Crippen molar-refractivity contribution in [2.24, 2.45) is 0 Å². The summed E-state index contributed by atoms with van der Waals surface area (Å²) in [7, 11) is 0. The van der Waals surface area contributed by atoms with E-state index in [0.717, 1.165) is 22.6 Å². The van der Waals surface area contributed by atoms with E-state index >= 15 is 0 Å². The minimum Gasteiger partial charge on any atom is -0.457 e. The molecule has 0 heterocycles. The van der Waals surface area contributed by atoms with Gasteiger partial charge in [0.2, 0.25) is 0 Å². The summed E-state index contributed by atoms with van der Waals surface area (Å²) in [5, 5.41) is 0. The molecule has 0 aromatic heterocycles. The molecule has 2 heteroatoms. The first kappa shape index (κ1) is 9.85. The summed E-state index contributed by atoms with van der Waals surface area (Å²) < 4.78 is 5.66. The van der Waals surface area contributed by atoms with E-state index in [9.17, 15) is 4.79 Å². The molecule has 0 aliphatic carbocycles. The van der Waals surface area contributed by atoms with Crippen molar-refractivity contribution < 1.29 is 4.74 Å². The van der Waals surface area contributed by atoms with Gasteiger partial charge in [-0.3, -0.25) is 4.79 Å². The number of para-hydroxylation sites is 1. The molecule has 0 fully saturated rings. The van der Waals surface area contributed by atoms with E-state index in [1.807, 2.05) is 54.6 Å². The molecule has 0 atom stereocenters. The van der Waals surface area contributed by atoms with E-state index in [-0.39, 0.29) is 5.43 Å². The summed E-state index contributed by atoms with van der Waals surface area (Å²) in [6.07, 6.45) is 0. The Kier molecular flexibility index (Phi) is 2.26. The van der Waals surface area contributed by atoms with Gasteiger partial charge in [0.05, 0.1) is 0 Å². The first-order valence-corrected chi connectivity index (χ1v) is 5.42. The monoisotopic (exact) mass is 222 g/mol. The summed E-state index contributed by atoms with van der Waals surface area (Å²) in [6, 6.07) is 18.8. The SMILES string of the molecule is O=c1cc1-c1ccc(Oc2ccccc2)cc1. The van der Waals surface area contributed by atoms with Crippen LogP contribution in [0.2, 0.25) is 0 Å². The fourth-order valence-corrected chi connectivity index (χ4v) is 1.65. The molecule has 3 aromatic rings. The van der Waals surface area contributed by atoms with Crippen LogP contribution in [0.1, 0.15) is 0 Å². The van der Waals surface area contributed by atoms with E-state index < -0.39 is 0 Å². The standard InChI is InChI=1S/C15H10O2/c16-15-10-14(15)11-6-8-13(9-7-11)17-12-4-2-1-3-5-12/h1-10H. The molecule has 0 saturated carbocycles. The predicted molar refractivity (Wildman–Crippen MR) is 67.0 cm³/mol. The summed E-state index contributed by atoms with van der Waals surface area (Å²) in [6.45, 7) is 0. The van der Waals surface area contributed by atoms with Crippen molar-refractivity contribution in [2.45, 2.75) is 0 Å². The lowest BCUT2D eigenvalue weighted by Crippen LogP contribution is -1.83. The van der Waals surface area contributed by atoms with Crippen LogP contribution in [0.3, 0.4) is 0 Å². The molecule has 0 radical (unpaired) electrons. The average molecular weight is 222 g/mol. The van der Waals surface area contributed by atoms with E-state index in [1.165, 1.54) is 0 Å². The number of benzene rings is 2. The average Bonchev–Trinajstić information content (AvgIpc) is 3.09. The van der Waals surface area contributed by atoms with Crippen LogP contribution in [0.25, 0.3) is 11.1 Å². The Hall–Kier alpha value is -2.35. The Balaban J connectivity index is 1.79. The Morgan fingerprint density at radius 3 is 1.94 bits per heavy atom. The van der Waals surface area contributed by atoms with Gasteiger partial charge in [0.25, 0.3) is 0 Å². The highest BCUT2D eigenvalue weighted by atomic mass is 16.5. The molecule has 82 valence electrons. The molecule has 0 bridgehead atoms. The molecule has 0 aliphatic heterocycles. The minimum absolute atomic E-state index is 0.127. The van der Waals surface area contributed by atoms with Gasteiger partial charge in [0.1, 0.15) is 11.5 Å². The second-order valence-corrected chi connectivity index (χ2v) is 3.86. The number of hydrogen-bond donors (Lipinski definition) is 0. The molecule has 0 saturated heterocycles. The summed E-state index contributed by atoms with van der Waals surface area (Å²) in [5.74, 6) is 1.58.